The Labute approximate surface area is 140 Å². The molecule has 0 radical (unpaired) electrons. The largest absolute Gasteiger partial charge is 0.335 e. The van der Waals surface area contributed by atoms with E-state index in [2.05, 4.69) is 41.6 Å². The van der Waals surface area contributed by atoms with Gasteiger partial charge in [0.25, 0.3) is 5.91 Å². The molecular weight excluding hydrogens is 350 g/mol. The highest BCUT2D eigenvalue weighted by Crippen LogP contribution is 2.52. The van der Waals surface area contributed by atoms with E-state index in [-0.39, 0.29) is 11.3 Å². The first kappa shape index (κ1) is 15.4. The quantitative estimate of drug-likeness (QED) is 0.670. The summed E-state index contributed by atoms with van der Waals surface area (Å²) < 4.78 is 0.781. The molecule has 0 N–H and O–H groups in total. The summed E-state index contributed by atoms with van der Waals surface area (Å²) in [6.45, 7) is 7.85. The number of nitrogens with zero attached hydrogens (tertiary/aromatic N) is 1. The van der Waals surface area contributed by atoms with Gasteiger partial charge >= 0.3 is 0 Å². The van der Waals surface area contributed by atoms with E-state index in [0.29, 0.717) is 16.5 Å². The predicted octanol–water partition coefficient (Wildman–Crippen LogP) is 5.14. The number of hydrogen-bond acceptors (Lipinski definition) is 1. The molecule has 1 heterocycles. The van der Waals surface area contributed by atoms with Crippen molar-refractivity contribution in [1.82, 2.24) is 4.90 Å². The molecule has 1 aliphatic heterocycles. The van der Waals surface area contributed by atoms with Crippen molar-refractivity contribution in [2.24, 2.45) is 10.8 Å². The Bertz CT molecular complexity index is 600. The van der Waals surface area contributed by atoms with Crippen LogP contribution in [0.15, 0.2) is 22.7 Å². The van der Waals surface area contributed by atoms with Crippen LogP contribution in [0.3, 0.4) is 0 Å². The molecule has 2 atom stereocenters. The molecule has 2 nitrogen and oxygen atoms in total. The van der Waals surface area contributed by atoms with Crippen LogP contribution in [0, 0.1) is 10.8 Å². The molecule has 3 rings (SSSR count). The van der Waals surface area contributed by atoms with Crippen LogP contribution in [-0.2, 0) is 0 Å². The van der Waals surface area contributed by atoms with Gasteiger partial charge in [-0.1, -0.05) is 32.4 Å². The molecule has 1 saturated heterocycles. The van der Waals surface area contributed by atoms with Crippen molar-refractivity contribution in [1.29, 1.82) is 0 Å². The van der Waals surface area contributed by atoms with Gasteiger partial charge in [0.1, 0.15) is 0 Å². The Morgan fingerprint density at radius 1 is 1.33 bits per heavy atom. The number of rotatable bonds is 1. The summed E-state index contributed by atoms with van der Waals surface area (Å²) in [6.07, 6.45) is 3.44. The maximum absolute atomic E-state index is 12.9. The van der Waals surface area contributed by atoms with Gasteiger partial charge in [-0.25, -0.2) is 0 Å². The number of benzene rings is 1. The van der Waals surface area contributed by atoms with Gasteiger partial charge in [-0.3, -0.25) is 4.79 Å². The van der Waals surface area contributed by atoms with Gasteiger partial charge in [0.15, 0.2) is 0 Å². The fourth-order valence-electron chi connectivity index (χ4n) is 4.49. The van der Waals surface area contributed by atoms with Crippen molar-refractivity contribution in [2.45, 2.75) is 46.1 Å². The van der Waals surface area contributed by atoms with E-state index < -0.39 is 0 Å². The van der Waals surface area contributed by atoms with Crippen molar-refractivity contribution in [3.8, 4) is 0 Å². The van der Waals surface area contributed by atoms with E-state index in [1.54, 1.807) is 6.07 Å². The van der Waals surface area contributed by atoms with Crippen LogP contribution in [0.1, 0.15) is 50.4 Å². The molecule has 114 valence electrons. The van der Waals surface area contributed by atoms with Crippen LogP contribution >= 0.6 is 27.5 Å². The first-order valence-electron chi connectivity index (χ1n) is 7.45. The average Bonchev–Trinajstić information content (AvgIpc) is 2.61. The molecule has 21 heavy (non-hydrogen) atoms. The Hall–Kier alpha value is -0.540. The highest BCUT2D eigenvalue weighted by atomic mass is 79.9. The van der Waals surface area contributed by atoms with Gasteiger partial charge in [-0.15, -0.1) is 0 Å². The second-order valence-corrected chi connectivity index (χ2v) is 9.04. The van der Waals surface area contributed by atoms with Crippen LogP contribution in [-0.4, -0.2) is 23.4 Å². The number of likely N-dealkylation sites (tertiary alicyclic amines) is 1. The maximum Gasteiger partial charge on any atom is 0.254 e. The first-order valence-corrected chi connectivity index (χ1v) is 8.62. The molecule has 2 unspecified atom stereocenters. The number of hydrogen-bond donors (Lipinski definition) is 0. The van der Waals surface area contributed by atoms with Crippen LogP contribution < -0.4 is 0 Å². The van der Waals surface area contributed by atoms with E-state index in [0.717, 1.165) is 29.4 Å². The third kappa shape index (κ3) is 2.87. The predicted molar refractivity (Wildman–Crippen MR) is 89.7 cm³/mol. The number of fused-ring (bicyclic) bond motifs is 2. The lowest BCUT2D eigenvalue weighted by Gasteiger charge is -2.39. The molecule has 1 amide bonds. The van der Waals surface area contributed by atoms with Gasteiger partial charge in [-0.05, 0) is 64.2 Å². The van der Waals surface area contributed by atoms with Gasteiger partial charge in [0.2, 0.25) is 0 Å². The van der Waals surface area contributed by atoms with E-state index in [1.807, 2.05) is 12.1 Å². The lowest BCUT2D eigenvalue weighted by molar-refractivity contribution is 0.0708. The molecule has 2 fully saturated rings. The Kier molecular flexibility index (Phi) is 3.65. The SMILES string of the molecule is CC1(C)CC2CC(C)(CN2C(=O)c2ccc(Cl)c(Br)c2)C1. The molecule has 4 heteroatoms. The summed E-state index contributed by atoms with van der Waals surface area (Å²) in [5, 5.41) is 0.639. The van der Waals surface area contributed by atoms with Crippen molar-refractivity contribution in [2.75, 3.05) is 6.54 Å². The van der Waals surface area contributed by atoms with Crippen LogP contribution in [0.25, 0.3) is 0 Å². The maximum atomic E-state index is 12.9. The Morgan fingerprint density at radius 3 is 2.71 bits per heavy atom. The van der Waals surface area contributed by atoms with Crippen molar-refractivity contribution >= 4 is 33.4 Å². The number of halogens is 2. The van der Waals surface area contributed by atoms with Crippen LogP contribution in [0.4, 0.5) is 0 Å². The van der Waals surface area contributed by atoms with Crippen LogP contribution in [0.5, 0.6) is 0 Å². The third-order valence-electron chi connectivity index (χ3n) is 4.84. The molecule has 1 aromatic carbocycles. The zero-order valence-corrected chi connectivity index (χ0v) is 15.1. The highest BCUT2D eigenvalue weighted by molar-refractivity contribution is 9.10. The lowest BCUT2D eigenvalue weighted by atomic mass is 9.65. The summed E-state index contributed by atoms with van der Waals surface area (Å²) in [5.41, 5.74) is 1.32. The second-order valence-electron chi connectivity index (χ2n) is 7.78. The fourth-order valence-corrected chi connectivity index (χ4v) is 4.99. The normalized spacial score (nSPS) is 30.5. The average molecular weight is 371 g/mol. The fraction of sp³-hybridized carbons (Fsp3) is 0.588. The van der Waals surface area contributed by atoms with Gasteiger partial charge < -0.3 is 4.90 Å². The summed E-state index contributed by atoms with van der Waals surface area (Å²) in [7, 11) is 0. The zero-order valence-electron chi connectivity index (χ0n) is 12.7. The standard InChI is InChI=1S/C17H21BrClNO/c1-16(2)7-12-8-17(3,9-16)10-20(12)15(21)11-4-5-14(19)13(18)6-11/h4-6,12H,7-10H2,1-3H3. The van der Waals surface area contributed by atoms with E-state index in [9.17, 15) is 4.79 Å². The molecule has 0 spiro atoms. The molecule has 2 bridgehead atoms. The van der Waals surface area contributed by atoms with Gasteiger partial charge in [0.05, 0.1) is 5.02 Å². The smallest absolute Gasteiger partial charge is 0.254 e. The first-order chi connectivity index (χ1) is 9.69. The van der Waals surface area contributed by atoms with Crippen molar-refractivity contribution in [3.63, 3.8) is 0 Å². The monoisotopic (exact) mass is 369 g/mol. The molecule has 1 saturated carbocycles. The molecule has 1 aliphatic carbocycles. The molecule has 0 aromatic heterocycles. The molecule has 2 aliphatic rings. The van der Waals surface area contributed by atoms with Gasteiger partial charge in [-0.2, -0.15) is 0 Å². The Balaban J connectivity index is 1.87. The summed E-state index contributed by atoms with van der Waals surface area (Å²) in [4.78, 5) is 15.0. The van der Waals surface area contributed by atoms with Gasteiger partial charge in [0, 0.05) is 22.6 Å². The number of amides is 1. The van der Waals surface area contributed by atoms with E-state index in [4.69, 9.17) is 11.6 Å². The van der Waals surface area contributed by atoms with Crippen LogP contribution in [0.2, 0.25) is 5.02 Å². The lowest BCUT2D eigenvalue weighted by Crippen LogP contribution is -2.37. The summed E-state index contributed by atoms with van der Waals surface area (Å²) >= 11 is 9.43. The summed E-state index contributed by atoms with van der Waals surface area (Å²) in [6, 6.07) is 5.82. The minimum atomic E-state index is 0.138. The second kappa shape index (κ2) is 4.99. The third-order valence-corrected chi connectivity index (χ3v) is 6.06. The van der Waals surface area contributed by atoms with E-state index in [1.165, 1.54) is 6.42 Å². The number of carbonyl (C=O) groups is 1. The van der Waals surface area contributed by atoms with Crippen molar-refractivity contribution < 1.29 is 4.79 Å². The summed E-state index contributed by atoms with van der Waals surface area (Å²) in [5.74, 6) is 0.138. The Morgan fingerprint density at radius 2 is 2.05 bits per heavy atom. The zero-order chi connectivity index (χ0) is 15.4. The molecular formula is C17H21BrClNO. The minimum Gasteiger partial charge on any atom is -0.335 e. The molecule has 1 aromatic rings. The van der Waals surface area contributed by atoms with E-state index >= 15 is 0 Å². The minimum absolute atomic E-state index is 0.138. The highest BCUT2D eigenvalue weighted by Gasteiger charge is 2.50. The number of carbonyl (C=O) groups excluding carboxylic acids is 1. The van der Waals surface area contributed by atoms with Crippen molar-refractivity contribution in [3.05, 3.63) is 33.3 Å². The topological polar surface area (TPSA) is 20.3 Å².